The molecule has 0 aliphatic heterocycles. The number of alkyl carbamates (subject to hydrolysis) is 1. The number of thiazole rings is 1. The number of ether oxygens (including phenoxy) is 1. The van der Waals surface area contributed by atoms with Gasteiger partial charge in [0.05, 0.1) is 5.69 Å². The summed E-state index contributed by atoms with van der Waals surface area (Å²) in [5.74, 6) is 6.26. The molecule has 1 amide bonds. The van der Waals surface area contributed by atoms with Crippen LogP contribution in [0.25, 0.3) is 22.4 Å². The van der Waals surface area contributed by atoms with Crippen molar-refractivity contribution in [3.8, 4) is 34.2 Å². The van der Waals surface area contributed by atoms with Gasteiger partial charge in [0.2, 0.25) is 0 Å². The number of nitrogens with zero attached hydrogens (tertiary/aromatic N) is 1. The SMILES string of the molecule is Nc1nc(-c2ccc(C#CCCNC(=O)OCC3c4ccccc4-c4ccccc43)cc2)cs1. The smallest absolute Gasteiger partial charge is 0.407 e. The molecule has 0 spiro atoms. The number of nitrogens with two attached hydrogens (primary N) is 1. The highest BCUT2D eigenvalue weighted by Gasteiger charge is 2.28. The van der Waals surface area contributed by atoms with Crippen molar-refractivity contribution in [2.75, 3.05) is 18.9 Å². The molecule has 3 N–H and O–H groups in total. The molecule has 1 heterocycles. The molecule has 34 heavy (non-hydrogen) atoms. The lowest BCUT2D eigenvalue weighted by Crippen LogP contribution is -2.26. The normalized spacial score (nSPS) is 11.8. The second kappa shape index (κ2) is 9.82. The van der Waals surface area contributed by atoms with Gasteiger partial charge in [-0.2, -0.15) is 0 Å². The number of carbonyl (C=O) groups excluding carboxylic acids is 1. The summed E-state index contributed by atoms with van der Waals surface area (Å²) >= 11 is 1.42. The van der Waals surface area contributed by atoms with Gasteiger partial charge in [-0.05, 0) is 34.4 Å². The van der Waals surface area contributed by atoms with E-state index in [-0.39, 0.29) is 5.92 Å². The summed E-state index contributed by atoms with van der Waals surface area (Å²) in [6, 6.07) is 24.5. The first-order valence-corrected chi connectivity index (χ1v) is 12.0. The molecule has 0 bridgehead atoms. The van der Waals surface area contributed by atoms with E-state index in [1.54, 1.807) is 0 Å². The quantitative estimate of drug-likeness (QED) is 0.294. The summed E-state index contributed by atoms with van der Waals surface area (Å²) in [6.07, 6.45) is 0.115. The van der Waals surface area contributed by atoms with Gasteiger partial charge in [0.1, 0.15) is 6.61 Å². The van der Waals surface area contributed by atoms with Crippen molar-refractivity contribution < 1.29 is 9.53 Å². The van der Waals surface area contributed by atoms with E-state index in [2.05, 4.69) is 46.4 Å². The van der Waals surface area contributed by atoms with Crippen LogP contribution in [0, 0.1) is 11.8 Å². The third kappa shape index (κ3) is 4.66. The summed E-state index contributed by atoms with van der Waals surface area (Å²) in [5.41, 5.74) is 13.3. The minimum Gasteiger partial charge on any atom is -0.449 e. The van der Waals surface area contributed by atoms with Crippen molar-refractivity contribution in [2.45, 2.75) is 12.3 Å². The lowest BCUT2D eigenvalue weighted by molar-refractivity contribution is 0.143. The van der Waals surface area contributed by atoms with Gasteiger partial charge in [0.15, 0.2) is 5.13 Å². The summed E-state index contributed by atoms with van der Waals surface area (Å²) in [6.45, 7) is 0.738. The van der Waals surface area contributed by atoms with Gasteiger partial charge in [-0.25, -0.2) is 9.78 Å². The Balaban J connectivity index is 1.10. The maximum absolute atomic E-state index is 12.2. The number of benzene rings is 3. The molecule has 0 saturated heterocycles. The van der Waals surface area contributed by atoms with Gasteiger partial charge in [0.25, 0.3) is 0 Å². The van der Waals surface area contributed by atoms with E-state index in [0.29, 0.717) is 24.7 Å². The van der Waals surface area contributed by atoms with Crippen molar-refractivity contribution in [3.63, 3.8) is 0 Å². The molecule has 1 aliphatic carbocycles. The number of aromatic nitrogens is 1. The van der Waals surface area contributed by atoms with Gasteiger partial charge < -0.3 is 15.8 Å². The highest BCUT2D eigenvalue weighted by molar-refractivity contribution is 7.13. The third-order valence-corrected chi connectivity index (χ3v) is 6.47. The van der Waals surface area contributed by atoms with E-state index in [0.717, 1.165) is 16.8 Å². The van der Waals surface area contributed by atoms with Gasteiger partial charge >= 0.3 is 6.09 Å². The average molecular weight is 466 g/mol. The molecular formula is C28H23N3O2S. The van der Waals surface area contributed by atoms with E-state index in [9.17, 15) is 4.79 Å². The Labute approximate surface area is 202 Å². The molecule has 0 unspecified atom stereocenters. The zero-order chi connectivity index (χ0) is 23.3. The molecule has 5 rings (SSSR count). The van der Waals surface area contributed by atoms with E-state index in [1.165, 1.54) is 33.6 Å². The van der Waals surface area contributed by atoms with Gasteiger partial charge in [-0.3, -0.25) is 0 Å². The van der Waals surface area contributed by atoms with E-state index < -0.39 is 6.09 Å². The van der Waals surface area contributed by atoms with Crippen LogP contribution in [0.3, 0.4) is 0 Å². The second-order valence-electron chi connectivity index (χ2n) is 7.95. The van der Waals surface area contributed by atoms with Gasteiger partial charge in [0, 0.05) is 35.4 Å². The number of anilines is 1. The fourth-order valence-electron chi connectivity index (χ4n) is 4.19. The van der Waals surface area contributed by atoms with Crippen molar-refractivity contribution in [3.05, 3.63) is 94.9 Å². The second-order valence-corrected chi connectivity index (χ2v) is 8.84. The van der Waals surface area contributed by atoms with Gasteiger partial charge in [-0.1, -0.05) is 72.5 Å². The average Bonchev–Trinajstić information content (AvgIpc) is 3.44. The summed E-state index contributed by atoms with van der Waals surface area (Å²) < 4.78 is 5.55. The van der Waals surface area contributed by atoms with Crippen LogP contribution in [0.5, 0.6) is 0 Å². The van der Waals surface area contributed by atoms with Crippen LogP contribution in [0.4, 0.5) is 9.93 Å². The molecular weight excluding hydrogens is 442 g/mol. The molecule has 5 nitrogen and oxygen atoms in total. The Bertz CT molecular complexity index is 1340. The number of nitrogen functional groups attached to an aromatic ring is 1. The van der Waals surface area contributed by atoms with Crippen LogP contribution in [0.1, 0.15) is 29.0 Å². The van der Waals surface area contributed by atoms with Crippen molar-refractivity contribution >= 4 is 22.6 Å². The van der Waals surface area contributed by atoms with Crippen LogP contribution >= 0.6 is 11.3 Å². The summed E-state index contributed by atoms with van der Waals surface area (Å²) in [5, 5.41) is 5.28. The number of amides is 1. The molecule has 1 aromatic heterocycles. The van der Waals surface area contributed by atoms with Crippen LogP contribution in [-0.2, 0) is 4.74 Å². The zero-order valence-electron chi connectivity index (χ0n) is 18.5. The summed E-state index contributed by atoms with van der Waals surface area (Å²) in [4.78, 5) is 16.5. The van der Waals surface area contributed by atoms with E-state index in [1.807, 2.05) is 53.9 Å². The van der Waals surface area contributed by atoms with Crippen molar-refractivity contribution in [2.24, 2.45) is 0 Å². The molecule has 6 heteroatoms. The first-order chi connectivity index (χ1) is 16.7. The predicted molar refractivity (Wildman–Crippen MR) is 137 cm³/mol. The Morgan fingerprint density at radius 2 is 1.68 bits per heavy atom. The first-order valence-electron chi connectivity index (χ1n) is 11.1. The Hall–Kier alpha value is -4.08. The van der Waals surface area contributed by atoms with E-state index >= 15 is 0 Å². The lowest BCUT2D eigenvalue weighted by atomic mass is 9.98. The number of nitrogens with one attached hydrogen (secondary N) is 1. The molecule has 168 valence electrons. The number of hydrogen-bond donors (Lipinski definition) is 2. The van der Waals surface area contributed by atoms with Crippen molar-refractivity contribution in [1.82, 2.24) is 10.3 Å². The first kappa shape index (κ1) is 21.7. The Kier molecular flexibility index (Phi) is 6.28. The molecule has 0 fully saturated rings. The molecule has 0 saturated carbocycles. The lowest BCUT2D eigenvalue weighted by Gasteiger charge is -2.14. The number of hydrogen-bond acceptors (Lipinski definition) is 5. The molecule has 0 radical (unpaired) electrons. The minimum absolute atomic E-state index is 0.0571. The highest BCUT2D eigenvalue weighted by atomic mass is 32.1. The molecule has 3 aromatic carbocycles. The highest BCUT2D eigenvalue weighted by Crippen LogP contribution is 2.44. The third-order valence-electron chi connectivity index (χ3n) is 5.80. The Morgan fingerprint density at radius 1 is 1.00 bits per heavy atom. The van der Waals surface area contributed by atoms with Gasteiger partial charge in [-0.15, -0.1) is 11.3 Å². The van der Waals surface area contributed by atoms with Crippen LogP contribution in [-0.4, -0.2) is 24.2 Å². The van der Waals surface area contributed by atoms with E-state index in [4.69, 9.17) is 10.5 Å². The largest absolute Gasteiger partial charge is 0.449 e. The van der Waals surface area contributed by atoms with Crippen LogP contribution < -0.4 is 11.1 Å². The predicted octanol–water partition coefficient (Wildman–Crippen LogP) is 5.67. The maximum atomic E-state index is 12.2. The monoisotopic (exact) mass is 465 g/mol. The number of carbonyl (C=O) groups is 1. The van der Waals surface area contributed by atoms with Crippen LogP contribution in [0.2, 0.25) is 0 Å². The fourth-order valence-corrected chi connectivity index (χ4v) is 4.76. The molecule has 1 aliphatic rings. The Morgan fingerprint density at radius 3 is 2.32 bits per heavy atom. The number of fused-ring (bicyclic) bond motifs is 3. The number of rotatable bonds is 5. The fraction of sp³-hybridized carbons (Fsp3) is 0.143. The zero-order valence-corrected chi connectivity index (χ0v) is 19.3. The van der Waals surface area contributed by atoms with Crippen LogP contribution in [0.15, 0.2) is 78.2 Å². The molecule has 4 aromatic rings. The molecule has 0 atom stereocenters. The minimum atomic E-state index is -0.421. The maximum Gasteiger partial charge on any atom is 0.407 e. The summed E-state index contributed by atoms with van der Waals surface area (Å²) in [7, 11) is 0. The standard InChI is InChI=1S/C28H23N3O2S/c29-27-31-26(18-34-27)20-14-12-19(13-15-20)7-5-6-16-30-28(32)33-17-25-23-10-3-1-8-21(23)22-9-2-4-11-24(22)25/h1-4,8-15,18,25H,6,16-17H2,(H2,29,31)(H,30,32). The topological polar surface area (TPSA) is 77.2 Å². The van der Waals surface area contributed by atoms with Crippen molar-refractivity contribution in [1.29, 1.82) is 0 Å².